The van der Waals surface area contributed by atoms with Crippen molar-refractivity contribution in [2.75, 3.05) is 20.3 Å². The Balaban J connectivity index is 0.974. The third-order valence-corrected chi connectivity index (χ3v) is 13.7. The summed E-state index contributed by atoms with van der Waals surface area (Å²) in [6.45, 7) is 0.352. The molecule has 0 bridgehead atoms. The number of benzene rings is 7. The van der Waals surface area contributed by atoms with Gasteiger partial charge in [0.05, 0.1) is 51.3 Å². The van der Waals surface area contributed by atoms with Crippen LogP contribution in [0.2, 0.25) is 0 Å². The Morgan fingerprint density at radius 2 is 1.18 bits per heavy atom. The number of rotatable bonds is 17. The van der Waals surface area contributed by atoms with E-state index in [9.17, 15) is 14.7 Å². The number of carbonyl (C=O) groups excluding carboxylic acids is 2. The van der Waals surface area contributed by atoms with Crippen molar-refractivity contribution in [3.05, 3.63) is 215 Å². The second-order valence-electron chi connectivity index (χ2n) is 18.4. The Labute approximate surface area is 422 Å². The van der Waals surface area contributed by atoms with Crippen molar-refractivity contribution < 1.29 is 62.1 Å². The summed E-state index contributed by atoms with van der Waals surface area (Å²) in [6, 6.07) is 55.2. The van der Waals surface area contributed by atoms with E-state index >= 15 is 0 Å². The molecule has 11 rings (SSSR count). The van der Waals surface area contributed by atoms with E-state index in [4.69, 9.17) is 47.4 Å². The summed E-state index contributed by atoms with van der Waals surface area (Å²) in [5.74, 6) is -0.165. The Kier molecular flexibility index (Phi) is 14.7. The molecule has 1 unspecified atom stereocenters. The number of aliphatic hydroxyl groups is 1. The summed E-state index contributed by atoms with van der Waals surface area (Å²) < 4.78 is 66.0. The van der Waals surface area contributed by atoms with Crippen molar-refractivity contribution in [3.8, 4) is 11.5 Å². The van der Waals surface area contributed by atoms with Crippen LogP contribution < -0.4 is 9.47 Å². The second kappa shape index (κ2) is 22.1. The largest absolute Gasteiger partial charge is 0.497 e. The first-order chi connectivity index (χ1) is 35.9. The van der Waals surface area contributed by atoms with Crippen molar-refractivity contribution in [3.63, 3.8) is 0 Å². The zero-order valence-corrected chi connectivity index (χ0v) is 40.0. The number of hydrogen-bond acceptors (Lipinski definition) is 13. The van der Waals surface area contributed by atoms with E-state index in [1.807, 2.05) is 127 Å². The third-order valence-electron chi connectivity index (χ3n) is 13.7. The average molecular weight is 986 g/mol. The molecule has 0 spiro atoms. The molecule has 0 aromatic heterocycles. The molecule has 73 heavy (non-hydrogen) atoms. The van der Waals surface area contributed by atoms with Crippen LogP contribution in [0, 0.1) is 0 Å². The quantitative estimate of drug-likeness (QED) is 0.0869. The molecule has 2 amide bonds. The summed E-state index contributed by atoms with van der Waals surface area (Å²) in [6.07, 6.45) is -11.0. The van der Waals surface area contributed by atoms with Gasteiger partial charge in [-0.2, -0.15) is 0 Å². The van der Waals surface area contributed by atoms with Crippen LogP contribution in [-0.2, 0) is 57.7 Å². The lowest BCUT2D eigenvalue weighted by Crippen LogP contribution is -2.70. The van der Waals surface area contributed by atoms with Gasteiger partial charge in [-0.1, -0.05) is 140 Å². The Bertz CT molecular complexity index is 2930. The van der Waals surface area contributed by atoms with E-state index in [1.54, 1.807) is 55.6 Å². The highest BCUT2D eigenvalue weighted by molar-refractivity contribution is 6.21. The maximum atomic E-state index is 14.7. The lowest BCUT2D eigenvalue weighted by atomic mass is 9.93. The van der Waals surface area contributed by atoms with Gasteiger partial charge >= 0.3 is 0 Å². The SMILES string of the molecule is COc1ccc(O[C@@H]2O[C@H](COCc3ccccc3)[C@@H](O[C@@H]3O[C@@H]4COC(c5ccccc5)O[C@H]4[C@H](OCc4ccc5ccccc5c4)[C@H]3O)[C@H](OCc3ccccc3)[C@H]2N2C(=O)c3ccccc3C2=O)cc1. The molecule has 3 fully saturated rings. The highest BCUT2D eigenvalue weighted by atomic mass is 16.8. The van der Waals surface area contributed by atoms with Gasteiger partial charge in [0, 0.05) is 5.56 Å². The molecule has 4 heterocycles. The number of imide groups is 1. The van der Waals surface area contributed by atoms with E-state index in [-0.39, 0.29) is 44.2 Å². The molecule has 374 valence electrons. The molecule has 3 saturated heterocycles. The van der Waals surface area contributed by atoms with Crippen LogP contribution in [0.25, 0.3) is 10.8 Å². The predicted molar refractivity (Wildman–Crippen MR) is 266 cm³/mol. The molecule has 7 aromatic rings. The van der Waals surface area contributed by atoms with Crippen LogP contribution in [0.1, 0.15) is 49.3 Å². The normalized spacial score (nSPS) is 26.8. The highest BCUT2D eigenvalue weighted by Gasteiger charge is 2.58. The molecule has 1 N–H and O–H groups in total. The molecule has 11 atom stereocenters. The van der Waals surface area contributed by atoms with Gasteiger partial charge in [-0.15, -0.1) is 0 Å². The third kappa shape index (κ3) is 10.5. The number of nitrogens with zero attached hydrogens (tertiary/aromatic N) is 1. The minimum atomic E-state index is -1.47. The topological polar surface area (TPSA) is 150 Å². The van der Waals surface area contributed by atoms with E-state index < -0.39 is 79.5 Å². The molecule has 4 aliphatic heterocycles. The van der Waals surface area contributed by atoms with Gasteiger partial charge in [0.25, 0.3) is 11.8 Å². The fourth-order valence-corrected chi connectivity index (χ4v) is 9.97. The Hall–Kier alpha value is -6.82. The van der Waals surface area contributed by atoms with Crippen LogP contribution >= 0.6 is 0 Å². The van der Waals surface area contributed by atoms with Crippen LogP contribution in [0.4, 0.5) is 0 Å². The van der Waals surface area contributed by atoms with Crippen LogP contribution in [0.5, 0.6) is 11.5 Å². The van der Waals surface area contributed by atoms with Gasteiger partial charge in [-0.3, -0.25) is 14.5 Å². The molecule has 4 aliphatic rings. The second-order valence-corrected chi connectivity index (χ2v) is 18.4. The number of hydrogen-bond donors (Lipinski definition) is 1. The Morgan fingerprint density at radius 3 is 1.88 bits per heavy atom. The minimum absolute atomic E-state index is 0.0245. The zero-order valence-electron chi connectivity index (χ0n) is 40.0. The van der Waals surface area contributed by atoms with Crippen molar-refractivity contribution in [1.82, 2.24) is 4.90 Å². The number of carbonyl (C=O) groups is 2. The van der Waals surface area contributed by atoms with E-state index in [1.165, 1.54) is 0 Å². The van der Waals surface area contributed by atoms with Gasteiger partial charge in [0.2, 0.25) is 6.29 Å². The first-order valence-corrected chi connectivity index (χ1v) is 24.5. The van der Waals surface area contributed by atoms with Crippen LogP contribution in [0.3, 0.4) is 0 Å². The minimum Gasteiger partial charge on any atom is -0.497 e. The van der Waals surface area contributed by atoms with E-state index in [0.29, 0.717) is 11.5 Å². The fourth-order valence-electron chi connectivity index (χ4n) is 9.97. The summed E-state index contributed by atoms with van der Waals surface area (Å²) in [7, 11) is 1.56. The van der Waals surface area contributed by atoms with Crippen molar-refractivity contribution in [2.24, 2.45) is 0 Å². The molecule has 14 heteroatoms. The van der Waals surface area contributed by atoms with Gasteiger partial charge in [0.15, 0.2) is 12.6 Å². The molecule has 7 aromatic carbocycles. The number of fused-ring (bicyclic) bond motifs is 3. The van der Waals surface area contributed by atoms with Crippen LogP contribution in [0.15, 0.2) is 182 Å². The monoisotopic (exact) mass is 985 g/mol. The molecule has 0 radical (unpaired) electrons. The smallest absolute Gasteiger partial charge is 0.262 e. The molecule has 0 saturated carbocycles. The number of amides is 2. The molecule has 14 nitrogen and oxygen atoms in total. The zero-order chi connectivity index (χ0) is 49.7. The summed E-state index contributed by atoms with van der Waals surface area (Å²) in [4.78, 5) is 30.6. The van der Waals surface area contributed by atoms with Gasteiger partial charge in [-0.05, 0) is 69.9 Å². The number of methoxy groups -OCH3 is 1. The van der Waals surface area contributed by atoms with Crippen LogP contribution in [-0.4, -0.2) is 103 Å². The van der Waals surface area contributed by atoms with Crippen molar-refractivity contribution >= 4 is 22.6 Å². The number of ether oxygens (including phenoxy) is 10. The van der Waals surface area contributed by atoms with Crippen molar-refractivity contribution in [1.29, 1.82) is 0 Å². The first kappa shape index (κ1) is 48.4. The van der Waals surface area contributed by atoms with E-state index in [2.05, 4.69) is 6.07 Å². The molecular formula is C59H55NO13. The standard InChI is InChI=1S/C59H55NO13/c1-64-43-27-29-44(30-28-43)69-58-49(60-55(62)45-23-13-14-24-46(45)56(60)63)53(66-33-38-17-7-3-8-18-38)51(47(70-58)35-65-32-37-15-5-2-6-16-37)73-59-50(61)54(67-34-39-25-26-40-19-11-12-22-42(40)31-39)52-48(71-59)36-68-57(72-52)41-20-9-4-10-21-41/h2-31,47-54,57-59,61H,32-36H2,1H3/t47-,48-,49-,50-,51-,52-,53-,54-,57?,58-,59+/m1/s1. The summed E-state index contributed by atoms with van der Waals surface area (Å²) >= 11 is 0. The maximum absolute atomic E-state index is 14.7. The van der Waals surface area contributed by atoms with Gasteiger partial charge in [0.1, 0.15) is 60.3 Å². The average Bonchev–Trinajstić information content (AvgIpc) is 3.69. The van der Waals surface area contributed by atoms with E-state index in [0.717, 1.165) is 37.9 Å². The van der Waals surface area contributed by atoms with Crippen molar-refractivity contribution in [2.45, 2.75) is 87.5 Å². The lowest BCUT2D eigenvalue weighted by Gasteiger charge is -2.51. The molecule has 0 aliphatic carbocycles. The summed E-state index contributed by atoms with van der Waals surface area (Å²) in [5.41, 5.74) is 3.84. The number of aliphatic hydroxyl groups excluding tert-OH is 1. The predicted octanol–water partition coefficient (Wildman–Crippen LogP) is 8.59. The fraction of sp³-hybridized carbons (Fsp3) is 0.288. The van der Waals surface area contributed by atoms with Gasteiger partial charge in [-0.25, -0.2) is 0 Å². The highest BCUT2D eigenvalue weighted by Crippen LogP contribution is 2.41. The summed E-state index contributed by atoms with van der Waals surface area (Å²) in [5, 5.41) is 14.8. The first-order valence-electron chi connectivity index (χ1n) is 24.5. The lowest BCUT2D eigenvalue weighted by molar-refractivity contribution is -0.386. The van der Waals surface area contributed by atoms with Gasteiger partial charge < -0.3 is 52.5 Å². The maximum Gasteiger partial charge on any atom is 0.262 e. The molecular weight excluding hydrogens is 931 g/mol. The Morgan fingerprint density at radius 1 is 0.575 bits per heavy atom.